The van der Waals surface area contributed by atoms with Crippen LogP contribution in [-0.4, -0.2) is 40.8 Å². The van der Waals surface area contributed by atoms with Gasteiger partial charge in [0.15, 0.2) is 0 Å². The summed E-state index contributed by atoms with van der Waals surface area (Å²) < 4.78 is 11.9. The molecule has 8 heteroatoms. The molecule has 2 heterocycles. The summed E-state index contributed by atoms with van der Waals surface area (Å²) in [5, 5.41) is 11.8. The molecule has 1 amide bonds. The van der Waals surface area contributed by atoms with E-state index in [4.69, 9.17) is 20.6 Å². The molecule has 4 rings (SSSR count). The summed E-state index contributed by atoms with van der Waals surface area (Å²) >= 11 is 0. The summed E-state index contributed by atoms with van der Waals surface area (Å²) in [4.78, 5) is 17.8. The van der Waals surface area contributed by atoms with Gasteiger partial charge in [0.1, 0.15) is 40.2 Å². The third-order valence-corrected chi connectivity index (χ3v) is 5.48. The van der Waals surface area contributed by atoms with Gasteiger partial charge in [-0.25, -0.2) is 4.98 Å². The number of hydrogen-bond donors (Lipinski definition) is 3. The van der Waals surface area contributed by atoms with Crippen molar-refractivity contribution in [1.82, 2.24) is 15.2 Å². The average molecular weight is 458 g/mol. The van der Waals surface area contributed by atoms with Crippen molar-refractivity contribution in [3.05, 3.63) is 85.1 Å². The van der Waals surface area contributed by atoms with E-state index in [9.17, 15) is 4.79 Å². The number of nitrogens with one attached hydrogen (secondary N) is 2. The number of benzene rings is 2. The number of piperidine rings is 1. The van der Waals surface area contributed by atoms with Gasteiger partial charge in [0, 0.05) is 31.4 Å². The lowest BCUT2D eigenvalue weighted by molar-refractivity contribution is -0.127. The van der Waals surface area contributed by atoms with Gasteiger partial charge in [-0.2, -0.15) is 0 Å². The maximum absolute atomic E-state index is 12.0. The van der Waals surface area contributed by atoms with Crippen LogP contribution in [0.25, 0.3) is 0 Å². The van der Waals surface area contributed by atoms with E-state index in [0.29, 0.717) is 35.9 Å². The zero-order chi connectivity index (χ0) is 23.9. The minimum absolute atomic E-state index is 0.0768. The molecule has 4 N–H and O–H groups in total. The monoisotopic (exact) mass is 457 g/mol. The van der Waals surface area contributed by atoms with Gasteiger partial charge >= 0.3 is 0 Å². The van der Waals surface area contributed by atoms with Crippen LogP contribution in [0.15, 0.2) is 79.5 Å². The highest BCUT2D eigenvalue weighted by molar-refractivity contribution is 6.03. The first-order valence-electron chi connectivity index (χ1n) is 11.1. The van der Waals surface area contributed by atoms with Crippen molar-refractivity contribution in [1.29, 1.82) is 5.41 Å². The molecule has 0 aliphatic carbocycles. The molecule has 1 aliphatic rings. The molecule has 1 saturated heterocycles. The number of rotatable bonds is 7. The number of carbonyl (C=O) groups excluding carboxylic acids is 1. The second kappa shape index (κ2) is 10.5. The third kappa shape index (κ3) is 5.53. The molecule has 0 bridgehead atoms. The fraction of sp³-hybridized carbons (Fsp3) is 0.192. The highest BCUT2D eigenvalue weighted by Gasteiger charge is 2.24. The lowest BCUT2D eigenvalue weighted by Crippen LogP contribution is -2.49. The molecular weight excluding hydrogens is 430 g/mol. The number of ether oxygens (including phenoxy) is 2. The Morgan fingerprint density at radius 1 is 1.09 bits per heavy atom. The Bertz CT molecular complexity index is 1160. The standard InChI is InChI=1S/C26H27N5O3/c1-2-23(32)31-16-6-7-18(17-31)30-26(28)24-22(14-15-29-25(24)27)34-21-12-10-20(11-13-21)33-19-8-4-3-5-9-19/h2-5,8-15,18H,1,6-7,16-17H2,(H2,27,29)(H2,28,30)/t18-/m1/s1. The molecule has 1 atom stereocenters. The SMILES string of the molecule is C=CC(=O)N1CCC[C@@H](NC(=N)c2c(Oc3ccc(Oc4ccccc4)cc3)ccnc2N)C1. The molecule has 0 radical (unpaired) electrons. The summed E-state index contributed by atoms with van der Waals surface area (Å²) in [5.41, 5.74) is 6.49. The number of pyridine rings is 1. The first-order chi connectivity index (χ1) is 16.5. The van der Waals surface area contributed by atoms with Crippen LogP contribution < -0.4 is 20.5 Å². The zero-order valence-corrected chi connectivity index (χ0v) is 18.7. The highest BCUT2D eigenvalue weighted by Crippen LogP contribution is 2.30. The number of para-hydroxylation sites is 1. The van der Waals surface area contributed by atoms with E-state index in [1.807, 2.05) is 42.5 Å². The summed E-state index contributed by atoms with van der Waals surface area (Å²) in [7, 11) is 0. The van der Waals surface area contributed by atoms with E-state index in [0.717, 1.165) is 18.6 Å². The molecule has 174 valence electrons. The molecule has 34 heavy (non-hydrogen) atoms. The Balaban J connectivity index is 1.46. The van der Waals surface area contributed by atoms with E-state index < -0.39 is 0 Å². The Labute approximate surface area is 198 Å². The lowest BCUT2D eigenvalue weighted by Gasteiger charge is -2.33. The van der Waals surface area contributed by atoms with E-state index in [2.05, 4.69) is 16.9 Å². The van der Waals surface area contributed by atoms with Gasteiger partial charge in [0.05, 0.1) is 0 Å². The number of nitrogen functional groups attached to an aromatic ring is 1. The van der Waals surface area contributed by atoms with Crippen LogP contribution in [0, 0.1) is 5.41 Å². The van der Waals surface area contributed by atoms with Gasteiger partial charge in [-0.3, -0.25) is 10.2 Å². The summed E-state index contributed by atoms with van der Waals surface area (Å²) in [5.74, 6) is 2.59. The van der Waals surface area contributed by atoms with E-state index in [1.165, 1.54) is 6.08 Å². The summed E-state index contributed by atoms with van der Waals surface area (Å²) in [6.45, 7) is 4.73. The Morgan fingerprint density at radius 2 is 1.76 bits per heavy atom. The largest absolute Gasteiger partial charge is 0.457 e. The van der Waals surface area contributed by atoms with Gasteiger partial charge in [0.2, 0.25) is 5.91 Å². The predicted molar refractivity (Wildman–Crippen MR) is 131 cm³/mol. The van der Waals surface area contributed by atoms with Gasteiger partial charge in [0.25, 0.3) is 0 Å². The molecule has 1 aliphatic heterocycles. The third-order valence-electron chi connectivity index (χ3n) is 5.48. The maximum atomic E-state index is 12.0. The molecule has 8 nitrogen and oxygen atoms in total. The van der Waals surface area contributed by atoms with Crippen LogP contribution in [0.2, 0.25) is 0 Å². The first kappa shape index (κ1) is 22.8. The van der Waals surface area contributed by atoms with Crippen LogP contribution in [0.4, 0.5) is 5.82 Å². The highest BCUT2D eigenvalue weighted by atomic mass is 16.5. The Kier molecular flexibility index (Phi) is 7.07. The molecule has 0 unspecified atom stereocenters. The van der Waals surface area contributed by atoms with Crippen molar-refractivity contribution in [2.45, 2.75) is 18.9 Å². The first-order valence-corrected chi connectivity index (χ1v) is 11.1. The second-order valence-corrected chi connectivity index (χ2v) is 7.90. The smallest absolute Gasteiger partial charge is 0.246 e. The normalized spacial score (nSPS) is 15.3. The number of amides is 1. The molecule has 3 aromatic rings. The van der Waals surface area contributed by atoms with E-state index in [1.54, 1.807) is 29.3 Å². The van der Waals surface area contributed by atoms with Crippen LogP contribution in [-0.2, 0) is 4.79 Å². The van der Waals surface area contributed by atoms with Gasteiger partial charge in [-0.1, -0.05) is 24.8 Å². The van der Waals surface area contributed by atoms with Crippen molar-refractivity contribution in [2.75, 3.05) is 18.8 Å². The van der Waals surface area contributed by atoms with Crippen molar-refractivity contribution in [3.8, 4) is 23.0 Å². The fourth-order valence-corrected chi connectivity index (χ4v) is 3.82. The molecule has 0 spiro atoms. The quantitative estimate of drug-likeness (QED) is 0.276. The van der Waals surface area contributed by atoms with Gasteiger partial charge < -0.3 is 25.4 Å². The van der Waals surface area contributed by atoms with Crippen molar-refractivity contribution >= 4 is 17.6 Å². The van der Waals surface area contributed by atoms with E-state index in [-0.39, 0.29) is 23.6 Å². The molecule has 1 fully saturated rings. The molecular formula is C26H27N5O3. The summed E-state index contributed by atoms with van der Waals surface area (Å²) in [6.07, 6.45) is 4.53. The van der Waals surface area contributed by atoms with Crippen molar-refractivity contribution in [2.24, 2.45) is 0 Å². The molecule has 2 aromatic carbocycles. The number of hydrogen-bond acceptors (Lipinski definition) is 6. The van der Waals surface area contributed by atoms with Crippen molar-refractivity contribution < 1.29 is 14.3 Å². The van der Waals surface area contributed by atoms with Gasteiger partial charge in [-0.15, -0.1) is 0 Å². The molecule has 0 saturated carbocycles. The predicted octanol–water partition coefficient (Wildman–Crippen LogP) is 4.34. The van der Waals surface area contributed by atoms with E-state index >= 15 is 0 Å². The minimum atomic E-state index is -0.109. The number of carbonyl (C=O) groups is 1. The second-order valence-electron chi connectivity index (χ2n) is 7.90. The number of nitrogens with zero attached hydrogens (tertiary/aromatic N) is 2. The summed E-state index contributed by atoms with van der Waals surface area (Å²) in [6, 6.07) is 18.3. The number of likely N-dealkylation sites (tertiary alicyclic amines) is 1. The number of aromatic nitrogens is 1. The Hall–Kier alpha value is -4.33. The minimum Gasteiger partial charge on any atom is -0.457 e. The van der Waals surface area contributed by atoms with Crippen molar-refractivity contribution in [3.63, 3.8) is 0 Å². The lowest BCUT2D eigenvalue weighted by atomic mass is 10.0. The maximum Gasteiger partial charge on any atom is 0.246 e. The van der Waals surface area contributed by atoms with Crippen LogP contribution in [0.3, 0.4) is 0 Å². The topological polar surface area (TPSA) is 114 Å². The van der Waals surface area contributed by atoms with Gasteiger partial charge in [-0.05, 0) is 55.3 Å². The fourth-order valence-electron chi connectivity index (χ4n) is 3.82. The zero-order valence-electron chi connectivity index (χ0n) is 18.7. The number of nitrogens with two attached hydrogens (primary N) is 1. The number of anilines is 1. The number of amidine groups is 1. The Morgan fingerprint density at radius 3 is 2.47 bits per heavy atom. The van der Waals surface area contributed by atoms with Crippen LogP contribution in [0.5, 0.6) is 23.0 Å². The van der Waals surface area contributed by atoms with Crippen LogP contribution >= 0.6 is 0 Å². The van der Waals surface area contributed by atoms with Crippen LogP contribution in [0.1, 0.15) is 18.4 Å². The average Bonchev–Trinajstić information content (AvgIpc) is 2.85. The molecule has 1 aromatic heterocycles.